The molecule has 2 aromatic carbocycles. The molecule has 1 saturated heterocycles. The predicted molar refractivity (Wildman–Crippen MR) is 124 cm³/mol. The van der Waals surface area contributed by atoms with Gasteiger partial charge >= 0.3 is 0 Å². The summed E-state index contributed by atoms with van der Waals surface area (Å²) in [6.07, 6.45) is 1.79. The number of carbonyl (C=O) groups is 1. The number of aryl methyl sites for hydroxylation is 1. The van der Waals surface area contributed by atoms with Gasteiger partial charge in [0.15, 0.2) is 0 Å². The van der Waals surface area contributed by atoms with Crippen LogP contribution in [0.25, 0.3) is 11.4 Å². The van der Waals surface area contributed by atoms with Crippen LogP contribution in [0.15, 0.2) is 59.1 Å². The number of hydrogen-bond acceptors (Lipinski definition) is 7. The Morgan fingerprint density at radius 1 is 1.00 bits per heavy atom. The minimum atomic E-state index is 0.187. The molecule has 0 bridgehead atoms. The van der Waals surface area contributed by atoms with Crippen molar-refractivity contribution < 1.29 is 18.8 Å². The Morgan fingerprint density at radius 3 is 2.45 bits per heavy atom. The fourth-order valence-corrected chi connectivity index (χ4v) is 3.80. The number of aromatic nitrogens is 2. The van der Waals surface area contributed by atoms with Gasteiger partial charge in [-0.2, -0.15) is 4.98 Å². The monoisotopic (exact) mass is 450 g/mol. The van der Waals surface area contributed by atoms with E-state index in [2.05, 4.69) is 15.0 Å². The highest BCUT2D eigenvalue weighted by molar-refractivity contribution is 5.76. The molecule has 3 aromatic rings. The van der Waals surface area contributed by atoms with E-state index in [-0.39, 0.29) is 5.91 Å². The molecule has 1 fully saturated rings. The predicted octanol–water partition coefficient (Wildman–Crippen LogP) is 3.29. The zero-order valence-corrected chi connectivity index (χ0v) is 19.0. The molecule has 4 rings (SSSR count). The van der Waals surface area contributed by atoms with Crippen LogP contribution in [-0.2, 0) is 11.2 Å². The third-order valence-corrected chi connectivity index (χ3v) is 5.74. The Balaban J connectivity index is 1.11. The lowest BCUT2D eigenvalue weighted by molar-refractivity contribution is -0.133. The van der Waals surface area contributed by atoms with E-state index in [0.29, 0.717) is 37.6 Å². The highest BCUT2D eigenvalue weighted by Crippen LogP contribution is 2.18. The summed E-state index contributed by atoms with van der Waals surface area (Å²) in [6.45, 7) is 4.69. The molecule has 2 heterocycles. The molecule has 0 saturated carbocycles. The molecular weight excluding hydrogens is 420 g/mol. The maximum Gasteiger partial charge on any atom is 0.226 e. The van der Waals surface area contributed by atoms with Crippen LogP contribution >= 0.6 is 0 Å². The molecule has 0 atom stereocenters. The molecular formula is C25H30N4O4. The molecule has 174 valence electrons. The Labute approximate surface area is 194 Å². The lowest BCUT2D eigenvalue weighted by Gasteiger charge is -2.34. The number of carbonyl (C=O) groups excluding carboxylic acids is 1. The number of ether oxygens (including phenoxy) is 2. The van der Waals surface area contributed by atoms with Gasteiger partial charge in [0.1, 0.15) is 18.1 Å². The number of nitrogens with zero attached hydrogens (tertiary/aromatic N) is 4. The van der Waals surface area contributed by atoms with Gasteiger partial charge < -0.3 is 18.9 Å². The van der Waals surface area contributed by atoms with E-state index in [1.54, 1.807) is 7.11 Å². The standard InChI is InChI=1S/C25H30N4O4/c1-31-21-10-12-22(13-11-21)32-19-18-28-14-16-29(17-15-28)24(30)9-5-8-23-26-25(27-33-23)20-6-3-2-4-7-20/h2-4,6-7,10-13H,5,8-9,14-19H2,1H3. The Bertz CT molecular complexity index is 999. The maximum absolute atomic E-state index is 12.6. The van der Waals surface area contributed by atoms with Gasteiger partial charge in [-0.15, -0.1) is 0 Å². The van der Waals surface area contributed by atoms with E-state index >= 15 is 0 Å². The highest BCUT2D eigenvalue weighted by atomic mass is 16.5. The minimum Gasteiger partial charge on any atom is -0.497 e. The van der Waals surface area contributed by atoms with Gasteiger partial charge in [0, 0.05) is 51.1 Å². The van der Waals surface area contributed by atoms with Gasteiger partial charge in [0.25, 0.3) is 0 Å². The van der Waals surface area contributed by atoms with Crippen LogP contribution in [0.4, 0.5) is 0 Å². The van der Waals surface area contributed by atoms with Crippen molar-refractivity contribution in [1.29, 1.82) is 0 Å². The van der Waals surface area contributed by atoms with Crippen LogP contribution in [0.3, 0.4) is 0 Å². The minimum absolute atomic E-state index is 0.187. The molecule has 0 spiro atoms. The smallest absolute Gasteiger partial charge is 0.226 e. The average Bonchev–Trinajstić information content (AvgIpc) is 3.34. The zero-order valence-electron chi connectivity index (χ0n) is 19.0. The van der Waals surface area contributed by atoms with E-state index in [0.717, 1.165) is 49.8 Å². The van der Waals surface area contributed by atoms with Crippen LogP contribution < -0.4 is 9.47 Å². The first-order valence-corrected chi connectivity index (χ1v) is 11.4. The molecule has 33 heavy (non-hydrogen) atoms. The molecule has 0 N–H and O–H groups in total. The van der Waals surface area contributed by atoms with Crippen molar-refractivity contribution in [3.8, 4) is 22.9 Å². The number of benzene rings is 2. The number of methoxy groups -OCH3 is 1. The van der Waals surface area contributed by atoms with Gasteiger partial charge in [-0.25, -0.2) is 0 Å². The summed E-state index contributed by atoms with van der Waals surface area (Å²) >= 11 is 0. The van der Waals surface area contributed by atoms with Crippen molar-refractivity contribution in [1.82, 2.24) is 19.9 Å². The Hall–Kier alpha value is -3.39. The molecule has 1 aromatic heterocycles. The molecule has 0 unspecified atom stereocenters. The van der Waals surface area contributed by atoms with Gasteiger partial charge in [-0.3, -0.25) is 9.69 Å². The third-order valence-electron chi connectivity index (χ3n) is 5.74. The summed E-state index contributed by atoms with van der Waals surface area (Å²) in [5.74, 6) is 3.00. The van der Waals surface area contributed by atoms with Crippen molar-refractivity contribution in [3.05, 3.63) is 60.5 Å². The lowest BCUT2D eigenvalue weighted by atomic mass is 10.2. The number of amides is 1. The molecule has 0 aliphatic carbocycles. The summed E-state index contributed by atoms with van der Waals surface area (Å²) in [5.41, 5.74) is 0.927. The van der Waals surface area contributed by atoms with Crippen molar-refractivity contribution in [2.24, 2.45) is 0 Å². The number of rotatable bonds is 10. The second-order valence-electron chi connectivity index (χ2n) is 7.98. The zero-order chi connectivity index (χ0) is 22.9. The summed E-state index contributed by atoms with van der Waals surface area (Å²) < 4.78 is 16.3. The summed E-state index contributed by atoms with van der Waals surface area (Å²) in [4.78, 5) is 21.3. The maximum atomic E-state index is 12.6. The first-order chi connectivity index (χ1) is 16.2. The van der Waals surface area contributed by atoms with Crippen LogP contribution in [-0.4, -0.2) is 72.3 Å². The Kier molecular flexibility index (Phi) is 7.92. The lowest BCUT2D eigenvalue weighted by Crippen LogP contribution is -2.49. The average molecular weight is 451 g/mol. The Morgan fingerprint density at radius 2 is 1.73 bits per heavy atom. The van der Waals surface area contributed by atoms with Crippen LogP contribution in [0.1, 0.15) is 18.7 Å². The van der Waals surface area contributed by atoms with Crippen LogP contribution in [0.2, 0.25) is 0 Å². The molecule has 8 heteroatoms. The second kappa shape index (κ2) is 11.5. The fourth-order valence-electron chi connectivity index (χ4n) is 3.80. The van der Waals surface area contributed by atoms with Crippen molar-refractivity contribution in [2.75, 3.05) is 46.4 Å². The summed E-state index contributed by atoms with van der Waals surface area (Å²) in [5, 5.41) is 4.03. The van der Waals surface area contributed by atoms with E-state index in [9.17, 15) is 4.79 Å². The molecule has 1 aliphatic rings. The molecule has 1 aliphatic heterocycles. The first kappa shape index (κ1) is 22.8. The number of piperazine rings is 1. The number of hydrogen-bond donors (Lipinski definition) is 0. The second-order valence-corrected chi connectivity index (χ2v) is 7.98. The normalized spacial score (nSPS) is 14.3. The SMILES string of the molecule is COc1ccc(OCCN2CCN(C(=O)CCCc3nc(-c4ccccc4)no3)CC2)cc1. The van der Waals surface area contributed by atoms with E-state index in [1.807, 2.05) is 59.5 Å². The molecule has 1 amide bonds. The quantitative estimate of drug-likeness (QED) is 0.469. The fraction of sp³-hybridized carbons (Fsp3) is 0.400. The van der Waals surface area contributed by atoms with Crippen LogP contribution in [0.5, 0.6) is 11.5 Å². The molecule has 0 radical (unpaired) electrons. The van der Waals surface area contributed by atoms with Gasteiger partial charge in [-0.1, -0.05) is 35.5 Å². The van der Waals surface area contributed by atoms with Crippen LogP contribution in [0, 0.1) is 0 Å². The summed E-state index contributed by atoms with van der Waals surface area (Å²) in [7, 11) is 1.65. The van der Waals surface area contributed by atoms with Gasteiger partial charge in [0.2, 0.25) is 17.6 Å². The van der Waals surface area contributed by atoms with Crippen molar-refractivity contribution in [3.63, 3.8) is 0 Å². The van der Waals surface area contributed by atoms with Gasteiger partial charge in [0.05, 0.1) is 7.11 Å². The summed E-state index contributed by atoms with van der Waals surface area (Å²) in [6, 6.07) is 17.3. The van der Waals surface area contributed by atoms with E-state index in [4.69, 9.17) is 14.0 Å². The van der Waals surface area contributed by atoms with E-state index < -0.39 is 0 Å². The first-order valence-electron chi connectivity index (χ1n) is 11.4. The van der Waals surface area contributed by atoms with Gasteiger partial charge in [-0.05, 0) is 30.7 Å². The largest absolute Gasteiger partial charge is 0.497 e. The van der Waals surface area contributed by atoms with Crippen molar-refractivity contribution in [2.45, 2.75) is 19.3 Å². The third kappa shape index (κ3) is 6.55. The highest BCUT2D eigenvalue weighted by Gasteiger charge is 2.21. The van der Waals surface area contributed by atoms with Crippen molar-refractivity contribution >= 4 is 5.91 Å². The topological polar surface area (TPSA) is 80.9 Å². The van der Waals surface area contributed by atoms with E-state index in [1.165, 1.54) is 0 Å². The molecule has 8 nitrogen and oxygen atoms in total.